The average molecular weight is 534 g/mol. The number of hydrogen-bond donors (Lipinski definition) is 4. The summed E-state index contributed by atoms with van der Waals surface area (Å²) in [5.41, 5.74) is 2.06. The summed E-state index contributed by atoms with van der Waals surface area (Å²) >= 11 is 0. The first-order valence-electron chi connectivity index (χ1n) is 13.2. The molecule has 9 heteroatoms. The molecule has 4 N–H and O–H groups in total. The van der Waals surface area contributed by atoms with Gasteiger partial charge in [0, 0.05) is 29.4 Å². The van der Waals surface area contributed by atoms with Gasteiger partial charge in [-0.3, -0.25) is 9.59 Å². The topological polar surface area (TPSA) is 138 Å². The van der Waals surface area contributed by atoms with E-state index in [-0.39, 0.29) is 50.8 Å². The van der Waals surface area contributed by atoms with E-state index in [4.69, 9.17) is 9.47 Å². The number of ether oxygens (including phenoxy) is 2. The lowest BCUT2D eigenvalue weighted by molar-refractivity contribution is -0.0232. The fraction of sp³-hybridized carbons (Fsp3) is 0.400. The number of phenolic OH excluding ortho intramolecular Hbond substituents is 2. The Morgan fingerprint density at radius 3 is 2.46 bits per heavy atom. The lowest BCUT2D eigenvalue weighted by atomic mass is 9.75. The summed E-state index contributed by atoms with van der Waals surface area (Å²) in [7, 11) is 3.10. The highest BCUT2D eigenvalue weighted by Gasteiger charge is 2.49. The highest BCUT2D eigenvalue weighted by molar-refractivity contribution is 6.09. The van der Waals surface area contributed by atoms with E-state index in [1.54, 1.807) is 11.6 Å². The van der Waals surface area contributed by atoms with Gasteiger partial charge in [0.25, 0.3) is 5.56 Å². The summed E-state index contributed by atoms with van der Waals surface area (Å²) in [5.74, 6) is -2.06. The second-order valence-electron chi connectivity index (χ2n) is 10.7. The molecular weight excluding hydrogens is 502 g/mol. The Balaban J connectivity index is 1.65. The second kappa shape index (κ2) is 8.86. The Morgan fingerprint density at radius 2 is 1.77 bits per heavy atom. The SMILES string of the molecule is CC[C@@H](C)c1cc2cc3c(c(O)c2c(=O)n1C)-c1c(O)c2c(c(OC)c1CC3)O[C@H]1[C@@H](C2=O)[C@@H](O)C=C[C@H]1O. The number of methoxy groups -OCH3 is 1. The van der Waals surface area contributed by atoms with Gasteiger partial charge in [0.15, 0.2) is 17.3 Å². The van der Waals surface area contributed by atoms with Crippen molar-refractivity contribution >= 4 is 16.6 Å². The molecule has 3 aromatic rings. The lowest BCUT2D eigenvalue weighted by Crippen LogP contribution is -2.52. The molecule has 0 fully saturated rings. The van der Waals surface area contributed by atoms with Crippen LogP contribution in [0.15, 0.2) is 29.1 Å². The fourth-order valence-electron chi connectivity index (χ4n) is 6.46. The number of ketones is 1. The minimum atomic E-state index is -1.21. The number of rotatable bonds is 3. The Labute approximate surface area is 224 Å². The normalized spacial score (nSPS) is 23.9. The molecule has 1 aromatic heterocycles. The molecule has 0 amide bonds. The van der Waals surface area contributed by atoms with Crippen molar-refractivity contribution in [1.82, 2.24) is 4.57 Å². The minimum absolute atomic E-state index is 0.000567. The Bertz CT molecular complexity index is 1650. The number of benzene rings is 2. The van der Waals surface area contributed by atoms with Crippen LogP contribution in [0.25, 0.3) is 21.9 Å². The van der Waals surface area contributed by atoms with Crippen molar-refractivity contribution in [3.05, 3.63) is 57.0 Å². The molecule has 0 radical (unpaired) electrons. The van der Waals surface area contributed by atoms with E-state index < -0.39 is 35.8 Å². The average Bonchev–Trinajstić information content (AvgIpc) is 2.92. The Morgan fingerprint density at radius 1 is 1.05 bits per heavy atom. The number of aliphatic hydroxyl groups excluding tert-OH is 2. The van der Waals surface area contributed by atoms with Crippen molar-refractivity contribution in [2.45, 2.75) is 57.3 Å². The van der Waals surface area contributed by atoms with E-state index in [1.807, 2.05) is 26.0 Å². The molecule has 0 unspecified atom stereocenters. The van der Waals surface area contributed by atoms with Gasteiger partial charge in [0.1, 0.15) is 29.3 Å². The maximum Gasteiger partial charge on any atom is 0.262 e. The first-order valence-corrected chi connectivity index (χ1v) is 13.2. The quantitative estimate of drug-likeness (QED) is 0.377. The second-order valence-corrected chi connectivity index (χ2v) is 10.7. The standard InChI is InChI=1S/C30H31NO8/c1-5-12(2)16-11-14-10-13-6-7-15-21(19(13)24(34)20(14)30(37)31(16)3)25(35)23-26(36)22-17(32)8-9-18(33)28(22)39-29(23)27(15)38-4/h8-12,17-18,22,28,32-35H,5-7H2,1-4H3/t12-,17+,18-,22-,28-/m1/s1. The summed E-state index contributed by atoms with van der Waals surface area (Å²) in [4.78, 5) is 27.2. The van der Waals surface area contributed by atoms with Gasteiger partial charge in [-0.1, -0.05) is 26.0 Å². The summed E-state index contributed by atoms with van der Waals surface area (Å²) in [6, 6.07) is 3.79. The van der Waals surface area contributed by atoms with Crippen molar-refractivity contribution in [3.8, 4) is 34.1 Å². The molecule has 2 heterocycles. The number of aliphatic hydroxyl groups is 2. The highest BCUT2D eigenvalue weighted by atomic mass is 16.5. The third-order valence-electron chi connectivity index (χ3n) is 8.69. The maximum absolute atomic E-state index is 13.7. The van der Waals surface area contributed by atoms with E-state index in [0.29, 0.717) is 23.8 Å². The molecule has 1 aliphatic heterocycles. The third kappa shape index (κ3) is 3.39. The number of carbonyl (C=O) groups is 1. The summed E-state index contributed by atoms with van der Waals surface area (Å²) in [6.07, 6.45) is 1.06. The van der Waals surface area contributed by atoms with Crippen molar-refractivity contribution in [2.24, 2.45) is 13.0 Å². The van der Waals surface area contributed by atoms with Gasteiger partial charge in [-0.05, 0) is 48.3 Å². The molecule has 39 heavy (non-hydrogen) atoms. The van der Waals surface area contributed by atoms with E-state index in [9.17, 15) is 30.0 Å². The van der Waals surface area contributed by atoms with Crippen LogP contribution in [0, 0.1) is 5.92 Å². The summed E-state index contributed by atoms with van der Waals surface area (Å²) in [5, 5.41) is 45.0. The number of Topliss-reactive ketones (excluding diaryl/α,β-unsaturated/α-hetero) is 1. The molecule has 204 valence electrons. The van der Waals surface area contributed by atoms with E-state index >= 15 is 0 Å². The van der Waals surface area contributed by atoms with E-state index in [0.717, 1.165) is 17.7 Å². The van der Waals surface area contributed by atoms with Gasteiger partial charge >= 0.3 is 0 Å². The monoisotopic (exact) mass is 533 g/mol. The van der Waals surface area contributed by atoms with E-state index in [2.05, 4.69) is 0 Å². The number of aryl methyl sites for hydroxylation is 1. The number of phenols is 2. The lowest BCUT2D eigenvalue weighted by Gasteiger charge is -2.40. The van der Waals surface area contributed by atoms with E-state index in [1.165, 1.54) is 19.3 Å². The van der Waals surface area contributed by atoms with Gasteiger partial charge in [-0.2, -0.15) is 0 Å². The van der Waals surface area contributed by atoms with Crippen LogP contribution in [-0.2, 0) is 19.9 Å². The van der Waals surface area contributed by atoms with Crippen LogP contribution >= 0.6 is 0 Å². The maximum atomic E-state index is 13.7. The van der Waals surface area contributed by atoms with Crippen LogP contribution in [0.4, 0.5) is 0 Å². The Hall–Kier alpha value is -3.82. The predicted octanol–water partition coefficient (Wildman–Crippen LogP) is 3.09. The van der Waals surface area contributed by atoms with Crippen molar-refractivity contribution in [2.75, 3.05) is 7.11 Å². The predicted molar refractivity (Wildman–Crippen MR) is 144 cm³/mol. The van der Waals surface area contributed by atoms with Crippen LogP contribution in [0.3, 0.4) is 0 Å². The molecule has 0 saturated carbocycles. The van der Waals surface area contributed by atoms with Gasteiger partial charge in [0.2, 0.25) is 0 Å². The van der Waals surface area contributed by atoms with Gasteiger partial charge < -0.3 is 34.5 Å². The molecule has 0 bridgehead atoms. The molecule has 0 saturated heterocycles. The molecule has 2 aromatic carbocycles. The number of nitrogens with zero attached hydrogens (tertiary/aromatic N) is 1. The first-order chi connectivity index (χ1) is 18.6. The van der Waals surface area contributed by atoms with Gasteiger partial charge in [-0.25, -0.2) is 0 Å². The number of aromatic nitrogens is 1. The number of hydrogen-bond acceptors (Lipinski definition) is 8. The number of carbonyl (C=O) groups excluding carboxylic acids is 1. The zero-order chi connectivity index (χ0) is 27.9. The molecule has 3 aliphatic rings. The first kappa shape index (κ1) is 25.5. The minimum Gasteiger partial charge on any atom is -0.506 e. The molecular formula is C30H31NO8. The molecule has 6 rings (SSSR count). The molecule has 5 atom stereocenters. The van der Waals surface area contributed by atoms with Crippen molar-refractivity contribution in [3.63, 3.8) is 0 Å². The number of fused-ring (bicyclic) bond motifs is 6. The zero-order valence-corrected chi connectivity index (χ0v) is 22.2. The highest BCUT2D eigenvalue weighted by Crippen LogP contribution is 2.56. The molecule has 9 nitrogen and oxygen atoms in total. The Kier molecular flexibility index (Phi) is 5.78. The fourth-order valence-corrected chi connectivity index (χ4v) is 6.46. The molecule has 2 aliphatic carbocycles. The summed E-state index contributed by atoms with van der Waals surface area (Å²) in [6.45, 7) is 4.10. The number of aromatic hydroxyl groups is 2. The van der Waals surface area contributed by atoms with Gasteiger partial charge in [-0.15, -0.1) is 0 Å². The smallest absolute Gasteiger partial charge is 0.262 e. The summed E-state index contributed by atoms with van der Waals surface area (Å²) < 4.78 is 13.3. The van der Waals surface area contributed by atoms with Crippen molar-refractivity contribution < 1.29 is 34.7 Å². The zero-order valence-electron chi connectivity index (χ0n) is 22.2. The van der Waals surface area contributed by atoms with Crippen molar-refractivity contribution in [1.29, 1.82) is 0 Å². The van der Waals surface area contributed by atoms with Crippen LogP contribution in [0.2, 0.25) is 0 Å². The van der Waals surface area contributed by atoms with Gasteiger partial charge in [0.05, 0.1) is 24.5 Å². The third-order valence-corrected chi connectivity index (χ3v) is 8.69. The van der Waals surface area contributed by atoms with Crippen LogP contribution in [0.5, 0.6) is 23.0 Å². The largest absolute Gasteiger partial charge is 0.506 e. The molecule has 0 spiro atoms. The van der Waals surface area contributed by atoms with Crippen LogP contribution in [-0.4, -0.2) is 56.2 Å². The number of pyridine rings is 1. The van der Waals surface area contributed by atoms with Crippen LogP contribution < -0.4 is 15.0 Å². The van der Waals surface area contributed by atoms with Crippen LogP contribution in [0.1, 0.15) is 53.4 Å².